The lowest BCUT2D eigenvalue weighted by molar-refractivity contribution is 0.253. The zero-order valence-corrected chi connectivity index (χ0v) is 12.2. The highest BCUT2D eigenvalue weighted by atomic mass is 31.2. The van der Waals surface area contributed by atoms with E-state index in [9.17, 15) is 0 Å². The number of nitrogens with zero attached hydrogens (tertiary/aromatic N) is 1. The van der Waals surface area contributed by atoms with Crippen molar-refractivity contribution in [3.8, 4) is 0 Å². The Balaban J connectivity index is 5.05. The molecule has 0 fully saturated rings. The molecule has 0 rings (SSSR count). The van der Waals surface area contributed by atoms with Crippen LogP contribution in [0.1, 0.15) is 20.8 Å². The van der Waals surface area contributed by atoms with E-state index in [2.05, 4.69) is 20.8 Å². The van der Waals surface area contributed by atoms with Crippen LogP contribution in [0.4, 0.5) is 0 Å². The Morgan fingerprint density at radius 2 is 1.36 bits per heavy atom. The van der Waals surface area contributed by atoms with Gasteiger partial charge in [0.25, 0.3) is 0 Å². The first-order valence-corrected chi connectivity index (χ1v) is 9.78. The maximum atomic E-state index is 5.43. The Morgan fingerprint density at radius 3 is 1.57 bits per heavy atom. The Kier molecular flexibility index (Phi) is 6.22. The summed E-state index contributed by atoms with van der Waals surface area (Å²) in [6.45, 7) is 8.70. The molecule has 0 spiro atoms. The average molecular weight is 237 g/mol. The average Bonchev–Trinajstić information content (AvgIpc) is 2.26. The number of hydrogen-bond acceptors (Lipinski definition) is 3. The summed E-state index contributed by atoms with van der Waals surface area (Å²) in [5.74, 6) is 0. The van der Waals surface area contributed by atoms with E-state index in [-0.39, 0.29) is 0 Å². The summed E-state index contributed by atoms with van der Waals surface area (Å²) < 4.78 is 15.8. The monoisotopic (exact) mass is 237 g/mol. The molecule has 0 aromatic rings. The smallest absolute Gasteiger partial charge is 0.381 e. The fourth-order valence-electron chi connectivity index (χ4n) is 1.43. The second-order valence-corrected chi connectivity index (χ2v) is 10.9. The van der Waals surface area contributed by atoms with Crippen molar-refractivity contribution >= 4 is 15.8 Å². The van der Waals surface area contributed by atoms with Gasteiger partial charge in [-0.05, 0) is 25.5 Å². The molecule has 0 aliphatic heterocycles. The van der Waals surface area contributed by atoms with Crippen molar-refractivity contribution in [2.45, 2.75) is 27.3 Å². The normalized spacial score (nSPS) is 13.0. The SMILES string of the molecule is CCP(CC)(CC)=N[Si](C)(OC)OC. The minimum absolute atomic E-state index is 1.16. The standard InChI is InChI=1S/C9H24NO2PSi/c1-7-13(8-2,9-3)10-14(6,11-4)12-5/h7-9H2,1-6H3. The van der Waals surface area contributed by atoms with Gasteiger partial charge in [0.15, 0.2) is 0 Å². The first-order valence-electron chi connectivity index (χ1n) is 5.22. The van der Waals surface area contributed by atoms with E-state index < -0.39 is 15.8 Å². The molecule has 0 aromatic carbocycles. The summed E-state index contributed by atoms with van der Waals surface area (Å²) >= 11 is 0. The van der Waals surface area contributed by atoms with E-state index in [1.54, 1.807) is 14.2 Å². The van der Waals surface area contributed by atoms with Crippen molar-refractivity contribution in [2.75, 3.05) is 32.7 Å². The summed E-state index contributed by atoms with van der Waals surface area (Å²) in [4.78, 5) is 0. The van der Waals surface area contributed by atoms with Crippen LogP contribution in [-0.4, -0.2) is 41.4 Å². The molecule has 0 radical (unpaired) electrons. The molecule has 0 saturated heterocycles. The van der Waals surface area contributed by atoms with E-state index in [0.29, 0.717) is 0 Å². The lowest BCUT2D eigenvalue weighted by Crippen LogP contribution is -2.34. The zero-order valence-electron chi connectivity index (χ0n) is 10.3. The topological polar surface area (TPSA) is 30.8 Å². The highest BCUT2D eigenvalue weighted by Gasteiger charge is 2.31. The first-order chi connectivity index (χ1) is 6.51. The van der Waals surface area contributed by atoms with Crippen molar-refractivity contribution in [2.24, 2.45) is 4.41 Å². The third kappa shape index (κ3) is 3.50. The Hall–Kier alpha value is 0.367. The third-order valence-electron chi connectivity index (χ3n) is 2.92. The van der Waals surface area contributed by atoms with Crippen LogP contribution in [0.2, 0.25) is 6.55 Å². The highest BCUT2D eigenvalue weighted by Crippen LogP contribution is 2.49. The second kappa shape index (κ2) is 6.06. The van der Waals surface area contributed by atoms with Crippen molar-refractivity contribution < 1.29 is 8.85 Å². The van der Waals surface area contributed by atoms with Gasteiger partial charge in [-0.15, -0.1) is 0 Å². The quantitative estimate of drug-likeness (QED) is 0.525. The van der Waals surface area contributed by atoms with Gasteiger partial charge in [-0.2, -0.15) is 0 Å². The van der Waals surface area contributed by atoms with E-state index in [1.807, 2.05) is 6.55 Å². The molecule has 0 atom stereocenters. The van der Waals surface area contributed by atoms with Crippen molar-refractivity contribution in [3.63, 3.8) is 0 Å². The van der Waals surface area contributed by atoms with Crippen LogP contribution >= 0.6 is 7.05 Å². The molecular formula is C9H24NO2PSi. The van der Waals surface area contributed by atoms with Crippen LogP contribution in [0.5, 0.6) is 0 Å². The molecule has 0 aliphatic carbocycles. The molecule has 86 valence electrons. The molecule has 0 aromatic heterocycles. The molecule has 0 aliphatic rings. The maximum Gasteiger partial charge on any atom is 0.472 e. The van der Waals surface area contributed by atoms with E-state index in [4.69, 9.17) is 13.3 Å². The largest absolute Gasteiger partial charge is 0.472 e. The predicted octanol–water partition coefficient (Wildman–Crippen LogP) is 3.11. The zero-order chi connectivity index (χ0) is 11.2. The lowest BCUT2D eigenvalue weighted by atomic mass is 10.9. The highest BCUT2D eigenvalue weighted by molar-refractivity contribution is 7.67. The molecule has 0 unspecified atom stereocenters. The summed E-state index contributed by atoms with van der Waals surface area (Å²) in [5, 5.41) is 0. The van der Waals surface area contributed by atoms with Crippen LogP contribution < -0.4 is 0 Å². The van der Waals surface area contributed by atoms with Gasteiger partial charge in [0.2, 0.25) is 0 Å². The molecular weight excluding hydrogens is 213 g/mol. The minimum Gasteiger partial charge on any atom is -0.381 e. The predicted molar refractivity (Wildman–Crippen MR) is 66.6 cm³/mol. The Bertz CT molecular complexity index is 198. The summed E-state index contributed by atoms with van der Waals surface area (Å²) in [6.07, 6.45) is 3.49. The van der Waals surface area contributed by atoms with Crippen LogP contribution in [0.25, 0.3) is 0 Å². The fraction of sp³-hybridized carbons (Fsp3) is 1.00. The van der Waals surface area contributed by atoms with E-state index in [1.165, 1.54) is 0 Å². The fourth-order valence-corrected chi connectivity index (χ4v) is 8.37. The molecule has 5 heteroatoms. The van der Waals surface area contributed by atoms with Crippen molar-refractivity contribution in [1.82, 2.24) is 0 Å². The van der Waals surface area contributed by atoms with E-state index in [0.717, 1.165) is 18.5 Å². The molecule has 0 heterocycles. The van der Waals surface area contributed by atoms with Crippen LogP contribution in [0.15, 0.2) is 4.41 Å². The molecule has 0 bridgehead atoms. The Labute approximate surface area is 89.6 Å². The second-order valence-electron chi connectivity index (χ2n) is 3.45. The van der Waals surface area contributed by atoms with Gasteiger partial charge in [-0.25, -0.2) is 0 Å². The molecule has 3 nitrogen and oxygen atoms in total. The summed E-state index contributed by atoms with van der Waals surface area (Å²) in [5.41, 5.74) is 0. The van der Waals surface area contributed by atoms with Crippen LogP contribution in [0.3, 0.4) is 0 Å². The van der Waals surface area contributed by atoms with E-state index >= 15 is 0 Å². The molecule has 14 heavy (non-hydrogen) atoms. The van der Waals surface area contributed by atoms with Gasteiger partial charge in [-0.3, -0.25) is 4.41 Å². The van der Waals surface area contributed by atoms with Gasteiger partial charge in [0.05, 0.1) is 0 Å². The van der Waals surface area contributed by atoms with Gasteiger partial charge >= 0.3 is 8.72 Å². The molecule has 0 saturated carbocycles. The number of rotatable bonds is 6. The summed E-state index contributed by atoms with van der Waals surface area (Å²) in [7, 11) is 0.0285. The van der Waals surface area contributed by atoms with Crippen molar-refractivity contribution in [3.05, 3.63) is 0 Å². The van der Waals surface area contributed by atoms with Crippen LogP contribution in [0, 0.1) is 0 Å². The minimum atomic E-state index is -2.22. The van der Waals surface area contributed by atoms with Gasteiger partial charge in [0.1, 0.15) is 0 Å². The Morgan fingerprint density at radius 1 is 1.00 bits per heavy atom. The van der Waals surface area contributed by atoms with Gasteiger partial charge < -0.3 is 8.85 Å². The lowest BCUT2D eigenvalue weighted by Gasteiger charge is -2.27. The van der Waals surface area contributed by atoms with Crippen LogP contribution in [-0.2, 0) is 8.85 Å². The summed E-state index contributed by atoms with van der Waals surface area (Å²) in [6, 6.07) is 0. The van der Waals surface area contributed by atoms with Gasteiger partial charge in [0, 0.05) is 20.8 Å². The molecule has 0 amide bonds. The first kappa shape index (κ1) is 14.4. The molecule has 0 N–H and O–H groups in total. The maximum absolute atomic E-state index is 5.43. The number of hydrogen-bond donors (Lipinski definition) is 0. The van der Waals surface area contributed by atoms with Crippen molar-refractivity contribution in [1.29, 1.82) is 0 Å². The third-order valence-corrected chi connectivity index (χ3v) is 11.1. The van der Waals surface area contributed by atoms with Gasteiger partial charge in [-0.1, -0.05) is 20.8 Å².